The number of benzene rings is 1. The molecule has 1 atom stereocenters. The second-order valence-corrected chi connectivity index (χ2v) is 6.87. The van der Waals surface area contributed by atoms with E-state index >= 15 is 0 Å². The zero-order chi connectivity index (χ0) is 19.0. The smallest absolute Gasteiger partial charge is 0.141 e. The average Bonchev–Trinajstić information content (AvgIpc) is 3.30. The number of nitrogens with zero attached hydrogens (tertiary/aromatic N) is 2. The van der Waals surface area contributed by atoms with Crippen molar-refractivity contribution in [2.24, 2.45) is 0 Å². The summed E-state index contributed by atoms with van der Waals surface area (Å²) in [7, 11) is 1.65. The third kappa shape index (κ3) is 3.19. The van der Waals surface area contributed by atoms with Crippen molar-refractivity contribution in [1.82, 2.24) is 10.1 Å². The minimum absolute atomic E-state index is 0.219. The molecule has 3 aromatic rings. The topological polar surface area (TPSA) is 95.4 Å². The van der Waals surface area contributed by atoms with Gasteiger partial charge >= 0.3 is 0 Å². The van der Waals surface area contributed by atoms with Gasteiger partial charge in [0.2, 0.25) is 0 Å². The van der Waals surface area contributed by atoms with Gasteiger partial charge in [0.05, 0.1) is 47.6 Å². The molecule has 142 valence electrons. The molecule has 7 nitrogen and oxygen atoms in total. The van der Waals surface area contributed by atoms with Gasteiger partial charge in [0.15, 0.2) is 0 Å². The number of ether oxygens (including phenoxy) is 2. The summed E-state index contributed by atoms with van der Waals surface area (Å²) in [5, 5.41) is 8.42. The molecule has 7 heteroatoms. The molecule has 1 aliphatic heterocycles. The Morgan fingerprint density at radius 1 is 1.33 bits per heavy atom. The van der Waals surface area contributed by atoms with E-state index in [4.69, 9.17) is 19.7 Å². The number of nitrogens with one attached hydrogen (secondary N) is 1. The number of pyridine rings is 1. The Bertz CT molecular complexity index is 958. The van der Waals surface area contributed by atoms with Gasteiger partial charge in [0.1, 0.15) is 11.5 Å². The molecule has 0 bridgehead atoms. The van der Waals surface area contributed by atoms with Gasteiger partial charge in [-0.15, -0.1) is 0 Å². The van der Waals surface area contributed by atoms with Crippen LogP contribution in [0.2, 0.25) is 0 Å². The van der Waals surface area contributed by atoms with E-state index in [1.54, 1.807) is 13.3 Å². The van der Waals surface area contributed by atoms with Crippen LogP contribution in [0.5, 0.6) is 5.75 Å². The fourth-order valence-electron chi connectivity index (χ4n) is 3.68. The van der Waals surface area contributed by atoms with Gasteiger partial charge in [-0.25, -0.2) is 0 Å². The first-order chi connectivity index (χ1) is 13.1. The van der Waals surface area contributed by atoms with E-state index < -0.39 is 0 Å². The van der Waals surface area contributed by atoms with Crippen LogP contribution in [0.1, 0.15) is 24.3 Å². The lowest BCUT2D eigenvalue weighted by Gasteiger charge is -2.17. The first kappa shape index (κ1) is 17.6. The van der Waals surface area contributed by atoms with Crippen molar-refractivity contribution in [2.75, 3.05) is 31.3 Å². The van der Waals surface area contributed by atoms with Crippen LogP contribution in [-0.4, -0.2) is 36.5 Å². The van der Waals surface area contributed by atoms with Crippen molar-refractivity contribution in [2.45, 2.75) is 32.8 Å². The number of anilines is 2. The van der Waals surface area contributed by atoms with Crippen LogP contribution in [0.15, 0.2) is 22.9 Å². The van der Waals surface area contributed by atoms with E-state index in [2.05, 4.69) is 15.5 Å². The lowest BCUT2D eigenvalue weighted by Crippen LogP contribution is -2.19. The number of aryl methyl sites for hydroxylation is 2. The summed E-state index contributed by atoms with van der Waals surface area (Å²) in [4.78, 5) is 4.52. The normalized spacial score (nSPS) is 16.8. The number of nitrogen functional groups attached to an aromatic ring is 1. The average molecular weight is 368 g/mol. The van der Waals surface area contributed by atoms with Gasteiger partial charge in [0, 0.05) is 24.1 Å². The van der Waals surface area contributed by atoms with E-state index in [-0.39, 0.29) is 6.10 Å². The zero-order valence-corrected chi connectivity index (χ0v) is 15.8. The number of hydrogen-bond donors (Lipinski definition) is 2. The molecule has 0 amide bonds. The Kier molecular flexibility index (Phi) is 4.61. The van der Waals surface area contributed by atoms with E-state index in [1.807, 2.05) is 26.0 Å². The molecule has 0 radical (unpaired) electrons. The highest BCUT2D eigenvalue weighted by Gasteiger charge is 2.20. The summed E-state index contributed by atoms with van der Waals surface area (Å²) >= 11 is 0. The SMILES string of the molecule is COc1cc2c(NC[C@H]3CCCO3)c(N)cnc2cc1-c1c(C)noc1C. The maximum atomic E-state index is 6.21. The van der Waals surface area contributed by atoms with Crippen LogP contribution in [-0.2, 0) is 4.74 Å². The fourth-order valence-corrected chi connectivity index (χ4v) is 3.68. The molecule has 3 heterocycles. The maximum absolute atomic E-state index is 6.21. The zero-order valence-electron chi connectivity index (χ0n) is 15.8. The Morgan fingerprint density at radius 3 is 2.85 bits per heavy atom. The van der Waals surface area contributed by atoms with Crippen molar-refractivity contribution >= 4 is 22.3 Å². The Morgan fingerprint density at radius 2 is 2.19 bits per heavy atom. The minimum atomic E-state index is 0.219. The van der Waals surface area contributed by atoms with Crippen molar-refractivity contribution in [3.8, 4) is 16.9 Å². The quantitative estimate of drug-likeness (QED) is 0.709. The number of nitrogens with two attached hydrogens (primary N) is 1. The molecule has 0 saturated carbocycles. The van der Waals surface area contributed by atoms with Crippen molar-refractivity contribution in [1.29, 1.82) is 0 Å². The molecule has 1 saturated heterocycles. The van der Waals surface area contributed by atoms with Crippen molar-refractivity contribution < 1.29 is 14.0 Å². The molecular formula is C20H24N4O3. The maximum Gasteiger partial charge on any atom is 0.141 e. The lowest BCUT2D eigenvalue weighted by atomic mass is 10.00. The van der Waals surface area contributed by atoms with Crippen molar-refractivity contribution in [3.63, 3.8) is 0 Å². The molecule has 1 aliphatic rings. The fraction of sp³-hybridized carbons (Fsp3) is 0.400. The van der Waals surface area contributed by atoms with Gasteiger partial charge < -0.3 is 25.0 Å². The number of aromatic nitrogens is 2. The van der Waals surface area contributed by atoms with Gasteiger partial charge in [-0.3, -0.25) is 4.98 Å². The van der Waals surface area contributed by atoms with Crippen LogP contribution in [0, 0.1) is 13.8 Å². The summed E-state index contributed by atoms with van der Waals surface area (Å²) in [6, 6.07) is 3.97. The van der Waals surface area contributed by atoms with E-state index in [0.717, 1.165) is 70.9 Å². The summed E-state index contributed by atoms with van der Waals surface area (Å²) < 4.78 is 16.7. The van der Waals surface area contributed by atoms with E-state index in [9.17, 15) is 0 Å². The van der Waals surface area contributed by atoms with Gasteiger partial charge in [-0.05, 0) is 38.8 Å². The Hall–Kier alpha value is -2.80. The van der Waals surface area contributed by atoms with E-state index in [0.29, 0.717) is 5.69 Å². The first-order valence-corrected chi connectivity index (χ1v) is 9.13. The lowest BCUT2D eigenvalue weighted by molar-refractivity contribution is 0.120. The highest BCUT2D eigenvalue weighted by molar-refractivity contribution is 6.00. The molecule has 27 heavy (non-hydrogen) atoms. The second-order valence-electron chi connectivity index (χ2n) is 6.87. The highest BCUT2D eigenvalue weighted by Crippen LogP contribution is 2.40. The van der Waals surface area contributed by atoms with Crippen LogP contribution in [0.25, 0.3) is 22.0 Å². The number of methoxy groups -OCH3 is 1. The van der Waals surface area contributed by atoms with Crippen molar-refractivity contribution in [3.05, 3.63) is 29.8 Å². The number of rotatable bonds is 5. The third-order valence-electron chi connectivity index (χ3n) is 5.05. The third-order valence-corrected chi connectivity index (χ3v) is 5.05. The second kappa shape index (κ2) is 7.08. The monoisotopic (exact) mass is 368 g/mol. The summed E-state index contributed by atoms with van der Waals surface area (Å²) in [6.45, 7) is 5.36. The summed E-state index contributed by atoms with van der Waals surface area (Å²) in [5.74, 6) is 1.47. The predicted molar refractivity (Wildman–Crippen MR) is 105 cm³/mol. The molecule has 1 aromatic carbocycles. The standard InChI is InChI=1S/C20H24N4O3/c1-11-19(12(2)27-24-11)15-7-17-14(8-18(15)25-3)20(16(21)10-22-17)23-9-13-5-4-6-26-13/h7-8,10,13H,4-6,9,21H2,1-3H3,(H,22,23)/t13-/m1/s1. The molecule has 4 rings (SSSR count). The molecular weight excluding hydrogens is 344 g/mol. The Labute approximate surface area is 157 Å². The highest BCUT2D eigenvalue weighted by atomic mass is 16.5. The Balaban J connectivity index is 1.80. The predicted octanol–water partition coefficient (Wildman–Crippen LogP) is 3.69. The molecule has 2 aromatic heterocycles. The minimum Gasteiger partial charge on any atom is -0.496 e. The van der Waals surface area contributed by atoms with Gasteiger partial charge in [-0.1, -0.05) is 5.16 Å². The van der Waals surface area contributed by atoms with Gasteiger partial charge in [-0.2, -0.15) is 0 Å². The molecule has 1 fully saturated rings. The number of hydrogen-bond acceptors (Lipinski definition) is 7. The van der Waals surface area contributed by atoms with Gasteiger partial charge in [0.25, 0.3) is 0 Å². The largest absolute Gasteiger partial charge is 0.496 e. The summed E-state index contributed by atoms with van der Waals surface area (Å²) in [6.07, 6.45) is 4.07. The van der Waals surface area contributed by atoms with Crippen LogP contribution in [0.3, 0.4) is 0 Å². The molecule has 0 aliphatic carbocycles. The summed E-state index contributed by atoms with van der Waals surface area (Å²) in [5.41, 5.74) is 11.2. The van der Waals surface area contributed by atoms with Crippen LogP contribution >= 0.6 is 0 Å². The van der Waals surface area contributed by atoms with E-state index in [1.165, 1.54) is 0 Å². The van der Waals surface area contributed by atoms with Crippen LogP contribution in [0.4, 0.5) is 11.4 Å². The first-order valence-electron chi connectivity index (χ1n) is 9.13. The number of fused-ring (bicyclic) bond motifs is 1. The molecule has 0 spiro atoms. The van der Waals surface area contributed by atoms with Crippen LogP contribution < -0.4 is 15.8 Å². The molecule has 0 unspecified atom stereocenters. The molecule has 3 N–H and O–H groups in total.